The summed E-state index contributed by atoms with van der Waals surface area (Å²) in [6.07, 6.45) is 7.50. The summed E-state index contributed by atoms with van der Waals surface area (Å²) in [4.78, 5) is 27.4. The number of carboxylic acids is 1. The van der Waals surface area contributed by atoms with Crippen LogP contribution in [0.15, 0.2) is 65.3 Å². The molecule has 3 heterocycles. The van der Waals surface area contributed by atoms with Crippen LogP contribution in [0.4, 0.5) is 11.4 Å². The topological polar surface area (TPSA) is 73.2 Å². The maximum absolute atomic E-state index is 13.0. The highest BCUT2D eigenvalue weighted by atomic mass is 16.4. The molecule has 0 bridgehead atoms. The van der Waals surface area contributed by atoms with Gasteiger partial charge in [0.2, 0.25) is 0 Å². The first-order valence-electron chi connectivity index (χ1n) is 12.1. The number of carboxylic acid groups (broad SMARTS) is 1. The van der Waals surface area contributed by atoms with Gasteiger partial charge in [-0.2, -0.15) is 10.1 Å². The van der Waals surface area contributed by atoms with Crippen LogP contribution in [0.5, 0.6) is 0 Å². The number of hydrogen-bond acceptors (Lipinski definition) is 4. The summed E-state index contributed by atoms with van der Waals surface area (Å²) in [7, 11) is 0. The van der Waals surface area contributed by atoms with Gasteiger partial charge >= 0.3 is 5.97 Å². The predicted octanol–water partition coefficient (Wildman–Crippen LogP) is 5.28. The molecule has 0 aliphatic carbocycles. The molecule has 0 spiro atoms. The number of para-hydroxylation sites is 1. The van der Waals surface area contributed by atoms with Crippen molar-refractivity contribution >= 4 is 35.0 Å². The van der Waals surface area contributed by atoms with E-state index in [-0.39, 0.29) is 22.1 Å². The van der Waals surface area contributed by atoms with Crippen molar-refractivity contribution in [3.63, 3.8) is 0 Å². The number of amides is 1. The highest BCUT2D eigenvalue weighted by Gasteiger charge is 2.40. The van der Waals surface area contributed by atoms with Crippen LogP contribution < -0.4 is 9.91 Å². The molecule has 2 aromatic carbocycles. The molecule has 3 aliphatic heterocycles. The van der Waals surface area contributed by atoms with Gasteiger partial charge in [-0.3, -0.25) is 4.79 Å². The molecule has 6 nitrogen and oxygen atoms in total. The van der Waals surface area contributed by atoms with E-state index in [0.717, 1.165) is 36.5 Å². The minimum atomic E-state index is -1.22. The van der Waals surface area contributed by atoms with Gasteiger partial charge in [-0.1, -0.05) is 58.0 Å². The summed E-state index contributed by atoms with van der Waals surface area (Å²) in [5.41, 5.74) is 5.69. The molecule has 1 amide bonds. The molecule has 0 radical (unpaired) electrons. The zero-order valence-corrected chi connectivity index (χ0v) is 20.7. The molecule has 35 heavy (non-hydrogen) atoms. The lowest BCUT2D eigenvalue weighted by atomic mass is 9.69. The Morgan fingerprint density at radius 3 is 2.17 bits per heavy atom. The van der Waals surface area contributed by atoms with Crippen molar-refractivity contribution in [2.75, 3.05) is 23.0 Å². The van der Waals surface area contributed by atoms with Crippen LogP contribution in [0, 0.1) is 0 Å². The van der Waals surface area contributed by atoms with E-state index < -0.39 is 11.9 Å². The fourth-order valence-corrected chi connectivity index (χ4v) is 5.28. The lowest BCUT2D eigenvalue weighted by Gasteiger charge is -2.48. The molecule has 2 aromatic rings. The van der Waals surface area contributed by atoms with Crippen molar-refractivity contribution in [3.8, 4) is 0 Å². The fourth-order valence-electron chi connectivity index (χ4n) is 5.28. The number of hydrazone groups is 1. The molecule has 0 saturated heterocycles. The first-order chi connectivity index (χ1) is 16.6. The monoisotopic (exact) mass is 469 g/mol. The Balaban J connectivity index is 1.52. The van der Waals surface area contributed by atoms with Gasteiger partial charge in [-0.25, -0.2) is 4.79 Å². The number of allylic oxidation sites excluding steroid dienone is 2. The van der Waals surface area contributed by atoms with E-state index >= 15 is 0 Å². The van der Waals surface area contributed by atoms with Crippen LogP contribution >= 0.6 is 0 Å². The Hall–Kier alpha value is -3.67. The molecule has 0 atom stereocenters. The van der Waals surface area contributed by atoms with Crippen molar-refractivity contribution in [2.45, 2.75) is 51.4 Å². The van der Waals surface area contributed by atoms with E-state index in [9.17, 15) is 14.7 Å². The lowest BCUT2D eigenvalue weighted by Crippen LogP contribution is -2.44. The maximum Gasteiger partial charge on any atom is 0.357 e. The summed E-state index contributed by atoms with van der Waals surface area (Å²) in [5, 5.41) is 14.9. The van der Waals surface area contributed by atoms with Crippen LogP contribution in [0.25, 0.3) is 6.08 Å². The highest BCUT2D eigenvalue weighted by Crippen LogP contribution is 2.49. The quantitative estimate of drug-likeness (QED) is 0.618. The van der Waals surface area contributed by atoms with Gasteiger partial charge < -0.3 is 10.0 Å². The molecule has 0 unspecified atom stereocenters. The number of anilines is 2. The average Bonchev–Trinajstić information content (AvgIpc) is 3.15. The molecular formula is C29H31N3O3. The van der Waals surface area contributed by atoms with Crippen molar-refractivity contribution in [3.05, 3.63) is 76.9 Å². The standard InChI is InChI=1S/C29H31N3O3/c1-28(2)13-15-31-16-14-29(3,4)23-18-19(17-22(28)25(23)31)9-8-12-21-24(27(34)35)30-32(26(21)33)20-10-6-5-7-11-20/h5-12,17-18H,13-16H2,1-4H3,(H,34,35)/b9-8+,21-12-. The number of aliphatic carboxylic acids is 1. The Bertz CT molecular complexity index is 1260. The number of benzene rings is 2. The van der Waals surface area contributed by atoms with Crippen molar-refractivity contribution in [2.24, 2.45) is 5.10 Å². The third-order valence-corrected chi connectivity index (χ3v) is 7.55. The summed E-state index contributed by atoms with van der Waals surface area (Å²) >= 11 is 0. The van der Waals surface area contributed by atoms with Crippen molar-refractivity contribution in [1.29, 1.82) is 0 Å². The lowest BCUT2D eigenvalue weighted by molar-refractivity contribution is -0.129. The van der Waals surface area contributed by atoms with Gasteiger partial charge in [0.25, 0.3) is 5.91 Å². The van der Waals surface area contributed by atoms with Gasteiger partial charge in [0.15, 0.2) is 5.71 Å². The second-order valence-electron chi connectivity index (χ2n) is 10.9. The van der Waals surface area contributed by atoms with Gasteiger partial charge in [0.05, 0.1) is 11.3 Å². The van der Waals surface area contributed by atoms with Gasteiger partial charge in [0.1, 0.15) is 0 Å². The molecule has 180 valence electrons. The molecule has 1 N–H and O–H groups in total. The molecular weight excluding hydrogens is 438 g/mol. The average molecular weight is 470 g/mol. The maximum atomic E-state index is 13.0. The van der Waals surface area contributed by atoms with E-state index in [1.807, 2.05) is 12.1 Å². The third-order valence-electron chi connectivity index (χ3n) is 7.55. The van der Waals surface area contributed by atoms with E-state index in [0.29, 0.717) is 5.69 Å². The predicted molar refractivity (Wildman–Crippen MR) is 140 cm³/mol. The van der Waals surface area contributed by atoms with E-state index in [1.165, 1.54) is 16.8 Å². The SMILES string of the molecule is CC1(C)CCN2CCC(C)(C)c3cc(/C=C/C=C4\C(=O)N(c5ccccc5)N=C4C(=O)O)cc1c32. The summed E-state index contributed by atoms with van der Waals surface area (Å²) in [5.74, 6) is -1.67. The Labute approximate surface area is 206 Å². The number of nitrogens with zero attached hydrogens (tertiary/aromatic N) is 3. The number of carbonyl (C=O) groups excluding carboxylic acids is 1. The minimum Gasteiger partial charge on any atom is -0.476 e. The largest absolute Gasteiger partial charge is 0.476 e. The fraction of sp³-hybridized carbons (Fsp3) is 0.345. The van der Waals surface area contributed by atoms with E-state index in [1.54, 1.807) is 36.4 Å². The zero-order valence-electron chi connectivity index (χ0n) is 20.7. The number of carbonyl (C=O) groups is 2. The Morgan fingerprint density at radius 1 is 1.00 bits per heavy atom. The first-order valence-corrected chi connectivity index (χ1v) is 12.1. The summed E-state index contributed by atoms with van der Waals surface area (Å²) in [6, 6.07) is 13.4. The number of hydrogen-bond donors (Lipinski definition) is 1. The Kier molecular flexibility index (Phi) is 5.42. The van der Waals surface area contributed by atoms with E-state index in [2.05, 4.69) is 49.8 Å². The number of rotatable bonds is 4. The molecule has 3 aliphatic rings. The summed E-state index contributed by atoms with van der Waals surface area (Å²) < 4.78 is 0. The molecule has 0 saturated carbocycles. The van der Waals surface area contributed by atoms with Crippen LogP contribution in [0.2, 0.25) is 0 Å². The van der Waals surface area contributed by atoms with E-state index in [4.69, 9.17) is 0 Å². The first kappa shape index (κ1) is 23.1. The second-order valence-corrected chi connectivity index (χ2v) is 10.9. The normalized spacial score (nSPS) is 21.4. The second kappa shape index (κ2) is 8.22. The van der Waals surface area contributed by atoms with Crippen LogP contribution in [0.3, 0.4) is 0 Å². The van der Waals surface area contributed by atoms with Gasteiger partial charge in [0, 0.05) is 18.8 Å². The molecule has 0 aromatic heterocycles. The van der Waals surface area contributed by atoms with Crippen molar-refractivity contribution in [1.82, 2.24) is 0 Å². The van der Waals surface area contributed by atoms with Gasteiger partial charge in [-0.15, -0.1) is 0 Å². The van der Waals surface area contributed by atoms with Crippen LogP contribution in [-0.4, -0.2) is 35.8 Å². The minimum absolute atomic E-state index is 0.0729. The Morgan fingerprint density at radius 2 is 1.60 bits per heavy atom. The smallest absolute Gasteiger partial charge is 0.357 e. The molecule has 0 fully saturated rings. The highest BCUT2D eigenvalue weighted by molar-refractivity contribution is 6.52. The van der Waals surface area contributed by atoms with Crippen LogP contribution in [0.1, 0.15) is 57.2 Å². The van der Waals surface area contributed by atoms with Crippen LogP contribution in [-0.2, 0) is 20.4 Å². The molecule has 5 rings (SSSR count). The summed E-state index contributed by atoms with van der Waals surface area (Å²) in [6.45, 7) is 11.4. The third kappa shape index (κ3) is 3.97. The zero-order chi connectivity index (χ0) is 25.0. The van der Waals surface area contributed by atoms with Crippen molar-refractivity contribution < 1.29 is 14.7 Å². The van der Waals surface area contributed by atoms with Gasteiger partial charge in [-0.05, 0) is 70.7 Å². The molecule has 6 heteroatoms.